The number of likely N-dealkylation sites (tertiary alicyclic amines) is 1. The first-order valence-corrected chi connectivity index (χ1v) is 8.11. The maximum Gasteiger partial charge on any atom is 0.323 e. The van der Waals surface area contributed by atoms with Gasteiger partial charge in [0.2, 0.25) is 5.13 Å². The summed E-state index contributed by atoms with van der Waals surface area (Å²) in [4.78, 5) is 18.6. The van der Waals surface area contributed by atoms with Gasteiger partial charge in [0, 0.05) is 30.0 Å². The fraction of sp³-hybridized carbons (Fsp3) is 0.786. The van der Waals surface area contributed by atoms with Crippen molar-refractivity contribution in [2.24, 2.45) is 11.8 Å². The van der Waals surface area contributed by atoms with Crippen molar-refractivity contribution in [2.45, 2.75) is 45.4 Å². The van der Waals surface area contributed by atoms with E-state index in [0.29, 0.717) is 5.13 Å². The molecule has 110 valence electrons. The van der Waals surface area contributed by atoms with Crippen LogP contribution in [0.3, 0.4) is 0 Å². The zero-order chi connectivity index (χ0) is 14.3. The Hall–Kier alpha value is -1.17. The molecule has 1 aliphatic heterocycles. The molecule has 0 aromatic carbocycles. The minimum atomic E-state index is -0.0792. The minimum Gasteiger partial charge on any atom is -0.324 e. The third-order valence-electron chi connectivity index (χ3n) is 4.32. The van der Waals surface area contributed by atoms with Gasteiger partial charge in [-0.05, 0) is 24.7 Å². The Bertz CT molecular complexity index is 496. The molecule has 2 heterocycles. The number of nitrogens with zero attached hydrogens (tertiary/aromatic N) is 3. The Morgan fingerprint density at radius 3 is 2.50 bits per heavy atom. The molecule has 1 aliphatic carbocycles. The van der Waals surface area contributed by atoms with E-state index in [0.717, 1.165) is 30.7 Å². The molecule has 1 saturated carbocycles. The molecule has 1 saturated heterocycles. The van der Waals surface area contributed by atoms with Gasteiger partial charge in [0.25, 0.3) is 0 Å². The van der Waals surface area contributed by atoms with Gasteiger partial charge in [-0.3, -0.25) is 5.32 Å². The first-order valence-electron chi connectivity index (χ1n) is 7.33. The van der Waals surface area contributed by atoms with Gasteiger partial charge in [-0.1, -0.05) is 27.2 Å². The molecule has 3 rings (SSSR count). The second-order valence-corrected chi connectivity index (χ2v) is 7.71. The van der Waals surface area contributed by atoms with Crippen molar-refractivity contribution in [2.75, 3.05) is 18.4 Å². The van der Waals surface area contributed by atoms with Crippen molar-refractivity contribution in [3.63, 3.8) is 0 Å². The Kier molecular flexibility index (Phi) is 3.44. The van der Waals surface area contributed by atoms with E-state index in [1.54, 1.807) is 0 Å². The molecule has 20 heavy (non-hydrogen) atoms. The van der Waals surface area contributed by atoms with E-state index < -0.39 is 0 Å². The number of amides is 2. The predicted octanol–water partition coefficient (Wildman–Crippen LogP) is 3.10. The van der Waals surface area contributed by atoms with Gasteiger partial charge in [0.05, 0.1) is 0 Å². The lowest BCUT2D eigenvalue weighted by Crippen LogP contribution is -2.33. The number of urea groups is 1. The SMILES string of the molecule is CC(C)(C)c1nsc(NC(=O)N2CC3CCCC3C2)n1. The average Bonchev–Trinajstić information content (AvgIpc) is 3.00. The lowest BCUT2D eigenvalue weighted by molar-refractivity contribution is 0.219. The van der Waals surface area contributed by atoms with E-state index in [4.69, 9.17) is 0 Å². The highest BCUT2D eigenvalue weighted by Gasteiger charge is 2.38. The molecule has 2 aliphatic rings. The van der Waals surface area contributed by atoms with Gasteiger partial charge < -0.3 is 4.90 Å². The van der Waals surface area contributed by atoms with Crippen LogP contribution in [0.2, 0.25) is 0 Å². The van der Waals surface area contributed by atoms with Crippen LogP contribution in [0.25, 0.3) is 0 Å². The van der Waals surface area contributed by atoms with Gasteiger partial charge >= 0.3 is 6.03 Å². The molecule has 1 N–H and O–H groups in total. The molecule has 0 bridgehead atoms. The number of hydrogen-bond donors (Lipinski definition) is 1. The van der Waals surface area contributed by atoms with Crippen molar-refractivity contribution >= 4 is 22.7 Å². The quantitative estimate of drug-likeness (QED) is 0.866. The van der Waals surface area contributed by atoms with Crippen molar-refractivity contribution in [3.05, 3.63) is 5.82 Å². The summed E-state index contributed by atoms with van der Waals surface area (Å²) in [5.74, 6) is 2.23. The number of anilines is 1. The highest BCUT2D eigenvalue weighted by Crippen LogP contribution is 2.37. The molecule has 0 radical (unpaired) electrons. The van der Waals surface area contributed by atoms with Gasteiger partial charge in [-0.15, -0.1) is 0 Å². The van der Waals surface area contributed by atoms with E-state index >= 15 is 0 Å². The first-order chi connectivity index (χ1) is 9.43. The fourth-order valence-corrected chi connectivity index (χ4v) is 3.90. The summed E-state index contributed by atoms with van der Waals surface area (Å²) >= 11 is 1.27. The molecule has 2 atom stereocenters. The van der Waals surface area contributed by atoms with Gasteiger partial charge in [-0.2, -0.15) is 4.37 Å². The summed E-state index contributed by atoms with van der Waals surface area (Å²) in [5, 5.41) is 3.51. The largest absolute Gasteiger partial charge is 0.324 e. The summed E-state index contributed by atoms with van der Waals surface area (Å²) in [5.41, 5.74) is -0.0792. The Morgan fingerprint density at radius 2 is 1.95 bits per heavy atom. The van der Waals surface area contributed by atoms with Crippen LogP contribution in [0.1, 0.15) is 45.9 Å². The van der Waals surface area contributed by atoms with Crippen molar-refractivity contribution < 1.29 is 4.79 Å². The third kappa shape index (κ3) is 2.66. The molecule has 2 amide bonds. The number of aromatic nitrogens is 2. The minimum absolute atomic E-state index is 0.0176. The topological polar surface area (TPSA) is 58.1 Å². The van der Waals surface area contributed by atoms with Gasteiger partial charge in [-0.25, -0.2) is 9.78 Å². The first kappa shape index (κ1) is 13.8. The van der Waals surface area contributed by atoms with Crippen LogP contribution >= 0.6 is 11.5 Å². The number of nitrogens with one attached hydrogen (secondary N) is 1. The molecule has 2 fully saturated rings. The summed E-state index contributed by atoms with van der Waals surface area (Å²) in [7, 11) is 0. The monoisotopic (exact) mass is 294 g/mol. The van der Waals surface area contributed by atoms with Crippen LogP contribution < -0.4 is 5.32 Å². The molecule has 2 unspecified atom stereocenters. The van der Waals surface area contributed by atoms with Crippen molar-refractivity contribution in [1.29, 1.82) is 0 Å². The summed E-state index contributed by atoms with van der Waals surface area (Å²) < 4.78 is 4.32. The van der Waals surface area contributed by atoms with E-state index in [2.05, 4.69) is 35.4 Å². The Labute approximate surface area is 123 Å². The zero-order valence-electron chi connectivity index (χ0n) is 12.3. The molecule has 1 aromatic heterocycles. The number of carbonyl (C=O) groups excluding carboxylic acids is 1. The van der Waals surface area contributed by atoms with Crippen LogP contribution in [-0.2, 0) is 5.41 Å². The maximum atomic E-state index is 12.3. The van der Waals surface area contributed by atoms with E-state index in [1.165, 1.54) is 30.8 Å². The predicted molar refractivity (Wildman–Crippen MR) is 80.0 cm³/mol. The zero-order valence-corrected chi connectivity index (χ0v) is 13.2. The van der Waals surface area contributed by atoms with E-state index in [9.17, 15) is 4.79 Å². The number of hydrogen-bond acceptors (Lipinski definition) is 4. The molecule has 1 aromatic rings. The summed E-state index contributed by atoms with van der Waals surface area (Å²) in [6, 6.07) is -0.0176. The lowest BCUT2D eigenvalue weighted by atomic mass is 9.96. The number of carbonyl (C=O) groups is 1. The van der Waals surface area contributed by atoms with Crippen LogP contribution in [0.15, 0.2) is 0 Å². The average molecular weight is 294 g/mol. The molecular formula is C14H22N4OS. The third-order valence-corrected chi connectivity index (χ3v) is 4.95. The summed E-state index contributed by atoms with van der Waals surface area (Å²) in [6.45, 7) is 8.02. The van der Waals surface area contributed by atoms with Crippen molar-refractivity contribution in [3.8, 4) is 0 Å². The molecular weight excluding hydrogens is 272 g/mol. The second kappa shape index (κ2) is 4.98. The highest BCUT2D eigenvalue weighted by molar-refractivity contribution is 7.09. The second-order valence-electron chi connectivity index (χ2n) is 6.96. The highest BCUT2D eigenvalue weighted by atomic mass is 32.1. The van der Waals surface area contributed by atoms with Gasteiger partial charge in [0.15, 0.2) is 0 Å². The molecule has 6 heteroatoms. The van der Waals surface area contributed by atoms with Crippen LogP contribution in [0.5, 0.6) is 0 Å². The maximum absolute atomic E-state index is 12.3. The Balaban J connectivity index is 1.61. The van der Waals surface area contributed by atoms with Crippen LogP contribution in [0.4, 0.5) is 9.93 Å². The molecule has 0 spiro atoms. The smallest absolute Gasteiger partial charge is 0.323 e. The number of fused-ring (bicyclic) bond motifs is 1. The van der Waals surface area contributed by atoms with E-state index in [1.807, 2.05) is 4.90 Å². The lowest BCUT2D eigenvalue weighted by Gasteiger charge is -2.17. The normalized spacial score (nSPS) is 25.9. The fourth-order valence-electron chi connectivity index (χ4n) is 3.15. The van der Waals surface area contributed by atoms with Crippen LogP contribution in [0, 0.1) is 11.8 Å². The van der Waals surface area contributed by atoms with Crippen molar-refractivity contribution in [1.82, 2.24) is 14.3 Å². The van der Waals surface area contributed by atoms with Gasteiger partial charge in [0.1, 0.15) is 5.82 Å². The number of rotatable bonds is 1. The van der Waals surface area contributed by atoms with Crippen LogP contribution in [-0.4, -0.2) is 33.4 Å². The molecule has 5 nitrogen and oxygen atoms in total. The standard InChI is InChI=1S/C14H22N4OS/c1-14(2,3)11-15-12(20-17-11)16-13(19)18-7-9-5-4-6-10(9)8-18/h9-10H,4-8H2,1-3H3,(H,15,16,17,19). The Morgan fingerprint density at radius 1 is 1.30 bits per heavy atom. The van der Waals surface area contributed by atoms with E-state index in [-0.39, 0.29) is 11.4 Å². The summed E-state index contributed by atoms with van der Waals surface area (Å²) in [6.07, 6.45) is 3.89.